The normalized spacial score (nSPS) is 12.1. The molecule has 0 amide bonds. The minimum absolute atomic E-state index is 0.0574. The summed E-state index contributed by atoms with van der Waals surface area (Å²) in [6.07, 6.45) is 2.18. The SMILES string of the molecule is CC(C)CCCOCc1cc(CNC(C)(C)C)ccc1F. The molecule has 21 heavy (non-hydrogen) atoms. The van der Waals surface area contributed by atoms with Gasteiger partial charge in [0.25, 0.3) is 0 Å². The molecule has 0 unspecified atom stereocenters. The van der Waals surface area contributed by atoms with Gasteiger partial charge in [-0.15, -0.1) is 0 Å². The zero-order valence-electron chi connectivity index (χ0n) is 14.1. The lowest BCUT2D eigenvalue weighted by molar-refractivity contribution is 0.112. The van der Waals surface area contributed by atoms with Gasteiger partial charge in [0.1, 0.15) is 5.82 Å². The fourth-order valence-electron chi connectivity index (χ4n) is 1.99. The van der Waals surface area contributed by atoms with Crippen molar-refractivity contribution in [2.45, 2.75) is 66.2 Å². The van der Waals surface area contributed by atoms with Gasteiger partial charge in [-0.05, 0) is 57.2 Å². The third-order valence-corrected chi connectivity index (χ3v) is 3.26. The van der Waals surface area contributed by atoms with Crippen molar-refractivity contribution < 1.29 is 9.13 Å². The Morgan fingerprint density at radius 1 is 1.24 bits per heavy atom. The van der Waals surface area contributed by atoms with Gasteiger partial charge in [-0.25, -0.2) is 4.39 Å². The predicted octanol–water partition coefficient (Wildman–Crippen LogP) is 4.67. The third-order valence-electron chi connectivity index (χ3n) is 3.26. The van der Waals surface area contributed by atoms with Gasteiger partial charge in [0.15, 0.2) is 0 Å². The summed E-state index contributed by atoms with van der Waals surface area (Å²) >= 11 is 0. The lowest BCUT2D eigenvalue weighted by Gasteiger charge is -2.20. The summed E-state index contributed by atoms with van der Waals surface area (Å²) in [5, 5.41) is 3.41. The van der Waals surface area contributed by atoms with Gasteiger partial charge in [0.05, 0.1) is 6.61 Å². The van der Waals surface area contributed by atoms with E-state index in [0.717, 1.165) is 24.9 Å². The summed E-state index contributed by atoms with van der Waals surface area (Å²) in [6, 6.07) is 5.26. The maximum atomic E-state index is 13.8. The van der Waals surface area contributed by atoms with Crippen LogP contribution in [0, 0.1) is 11.7 Å². The molecule has 0 atom stereocenters. The molecular weight excluding hydrogens is 265 g/mol. The maximum absolute atomic E-state index is 13.8. The molecule has 0 fully saturated rings. The lowest BCUT2D eigenvalue weighted by atomic mass is 10.1. The molecule has 0 aliphatic heterocycles. The Labute approximate surface area is 129 Å². The Balaban J connectivity index is 2.46. The average Bonchev–Trinajstić information content (AvgIpc) is 2.37. The van der Waals surface area contributed by atoms with E-state index in [1.54, 1.807) is 0 Å². The molecular formula is C18H30FNO. The summed E-state index contributed by atoms with van der Waals surface area (Å²) in [4.78, 5) is 0. The minimum Gasteiger partial charge on any atom is -0.377 e. The van der Waals surface area contributed by atoms with Crippen LogP contribution in [0.5, 0.6) is 0 Å². The average molecular weight is 295 g/mol. The molecule has 0 aliphatic rings. The highest BCUT2D eigenvalue weighted by Crippen LogP contribution is 2.14. The molecule has 0 aliphatic carbocycles. The molecule has 0 spiro atoms. The zero-order chi connectivity index (χ0) is 15.9. The predicted molar refractivity (Wildman–Crippen MR) is 86.7 cm³/mol. The fourth-order valence-corrected chi connectivity index (χ4v) is 1.99. The van der Waals surface area contributed by atoms with Crippen LogP contribution in [0.15, 0.2) is 18.2 Å². The van der Waals surface area contributed by atoms with E-state index in [9.17, 15) is 4.39 Å². The first-order valence-corrected chi connectivity index (χ1v) is 7.88. The van der Waals surface area contributed by atoms with Crippen molar-refractivity contribution in [2.24, 2.45) is 5.92 Å². The van der Waals surface area contributed by atoms with Crippen molar-refractivity contribution >= 4 is 0 Å². The first kappa shape index (κ1) is 18.1. The van der Waals surface area contributed by atoms with Crippen molar-refractivity contribution in [3.8, 4) is 0 Å². The molecule has 0 saturated carbocycles. The zero-order valence-corrected chi connectivity index (χ0v) is 14.1. The van der Waals surface area contributed by atoms with Gasteiger partial charge in [0.2, 0.25) is 0 Å². The van der Waals surface area contributed by atoms with Crippen molar-refractivity contribution in [3.63, 3.8) is 0 Å². The van der Waals surface area contributed by atoms with Gasteiger partial charge in [0, 0.05) is 24.3 Å². The van der Waals surface area contributed by atoms with E-state index in [2.05, 4.69) is 39.9 Å². The first-order chi connectivity index (χ1) is 9.78. The van der Waals surface area contributed by atoms with Crippen molar-refractivity contribution in [2.75, 3.05) is 6.61 Å². The Morgan fingerprint density at radius 3 is 2.57 bits per heavy atom. The maximum Gasteiger partial charge on any atom is 0.128 e. The highest BCUT2D eigenvalue weighted by atomic mass is 19.1. The molecule has 1 aromatic carbocycles. The molecule has 1 N–H and O–H groups in total. The van der Waals surface area contributed by atoms with Gasteiger partial charge in [-0.3, -0.25) is 0 Å². The van der Waals surface area contributed by atoms with Crippen LogP contribution in [0.3, 0.4) is 0 Å². The Morgan fingerprint density at radius 2 is 1.95 bits per heavy atom. The summed E-state index contributed by atoms with van der Waals surface area (Å²) in [5.74, 6) is 0.510. The molecule has 1 aromatic rings. The van der Waals surface area contributed by atoms with Gasteiger partial charge < -0.3 is 10.1 Å². The largest absolute Gasteiger partial charge is 0.377 e. The monoisotopic (exact) mass is 295 g/mol. The Hall–Kier alpha value is -0.930. The van der Waals surface area contributed by atoms with E-state index in [4.69, 9.17) is 4.74 Å². The Kier molecular flexibility index (Phi) is 7.33. The molecule has 120 valence electrons. The van der Waals surface area contributed by atoms with E-state index in [1.807, 2.05) is 12.1 Å². The standard InChI is InChI=1S/C18H30FNO/c1-14(2)7-6-10-21-13-16-11-15(8-9-17(16)19)12-20-18(3,4)5/h8-9,11,14,20H,6-7,10,12-13H2,1-5H3. The van der Waals surface area contributed by atoms with Crippen LogP contribution in [0.2, 0.25) is 0 Å². The topological polar surface area (TPSA) is 21.3 Å². The quantitative estimate of drug-likeness (QED) is 0.704. The molecule has 3 heteroatoms. The van der Waals surface area contributed by atoms with Gasteiger partial charge in [-0.2, -0.15) is 0 Å². The van der Waals surface area contributed by atoms with Crippen molar-refractivity contribution in [3.05, 3.63) is 35.1 Å². The lowest BCUT2D eigenvalue weighted by Crippen LogP contribution is -2.35. The van der Waals surface area contributed by atoms with Crippen LogP contribution in [0.4, 0.5) is 4.39 Å². The molecule has 1 rings (SSSR count). The van der Waals surface area contributed by atoms with E-state index in [-0.39, 0.29) is 11.4 Å². The van der Waals surface area contributed by atoms with Crippen LogP contribution in [0.25, 0.3) is 0 Å². The minimum atomic E-state index is -0.182. The van der Waals surface area contributed by atoms with E-state index in [0.29, 0.717) is 24.7 Å². The second-order valence-corrected chi connectivity index (χ2v) is 7.12. The number of benzene rings is 1. The number of hydrogen-bond donors (Lipinski definition) is 1. The van der Waals surface area contributed by atoms with Crippen LogP contribution in [0.1, 0.15) is 58.6 Å². The number of hydrogen-bond acceptors (Lipinski definition) is 2. The van der Waals surface area contributed by atoms with Gasteiger partial charge >= 0.3 is 0 Å². The van der Waals surface area contributed by atoms with Crippen molar-refractivity contribution in [1.29, 1.82) is 0 Å². The molecule has 0 radical (unpaired) electrons. The van der Waals surface area contributed by atoms with E-state index in [1.165, 1.54) is 6.07 Å². The smallest absolute Gasteiger partial charge is 0.128 e. The highest BCUT2D eigenvalue weighted by Gasteiger charge is 2.10. The van der Waals surface area contributed by atoms with Crippen LogP contribution < -0.4 is 5.32 Å². The van der Waals surface area contributed by atoms with E-state index >= 15 is 0 Å². The molecule has 0 bridgehead atoms. The third kappa shape index (κ3) is 8.18. The van der Waals surface area contributed by atoms with Crippen LogP contribution in [-0.4, -0.2) is 12.1 Å². The number of ether oxygens (including phenoxy) is 1. The molecule has 0 aromatic heterocycles. The summed E-state index contributed by atoms with van der Waals surface area (Å²) in [7, 11) is 0. The second-order valence-electron chi connectivity index (χ2n) is 7.12. The molecule has 0 saturated heterocycles. The first-order valence-electron chi connectivity index (χ1n) is 7.88. The van der Waals surface area contributed by atoms with Crippen molar-refractivity contribution in [1.82, 2.24) is 5.32 Å². The fraction of sp³-hybridized carbons (Fsp3) is 0.667. The summed E-state index contributed by atoms with van der Waals surface area (Å²) < 4.78 is 19.4. The van der Waals surface area contributed by atoms with Crippen LogP contribution >= 0.6 is 0 Å². The number of halogens is 1. The molecule has 0 heterocycles. The van der Waals surface area contributed by atoms with E-state index < -0.39 is 0 Å². The van der Waals surface area contributed by atoms with Gasteiger partial charge in [-0.1, -0.05) is 19.9 Å². The number of rotatable bonds is 8. The summed E-state index contributed by atoms with van der Waals surface area (Å²) in [6.45, 7) is 12.6. The number of nitrogens with one attached hydrogen (secondary N) is 1. The molecule has 2 nitrogen and oxygen atoms in total. The summed E-state index contributed by atoms with van der Waals surface area (Å²) in [5.41, 5.74) is 1.79. The second kappa shape index (κ2) is 8.50. The van der Waals surface area contributed by atoms with Crippen LogP contribution in [-0.2, 0) is 17.9 Å². The Bertz CT molecular complexity index is 424. The highest BCUT2D eigenvalue weighted by molar-refractivity contribution is 5.24.